The van der Waals surface area contributed by atoms with Gasteiger partial charge in [-0.2, -0.15) is 0 Å². The standard InChI is InChI=1S/C10H16N2/c1-7(2)6-9-4-5-12-8(3)10(9)11/h4-5,7H,6,11H2,1-3H3. The summed E-state index contributed by atoms with van der Waals surface area (Å²) in [6.45, 7) is 6.32. The third kappa shape index (κ3) is 1.97. The number of nitrogen functional groups attached to an aromatic ring is 1. The molecule has 0 bridgehead atoms. The summed E-state index contributed by atoms with van der Waals surface area (Å²) in [6, 6.07) is 2.00. The average molecular weight is 164 g/mol. The number of pyridine rings is 1. The summed E-state index contributed by atoms with van der Waals surface area (Å²) in [7, 11) is 0. The van der Waals surface area contributed by atoms with E-state index in [9.17, 15) is 0 Å². The zero-order valence-corrected chi connectivity index (χ0v) is 7.96. The van der Waals surface area contributed by atoms with E-state index in [0.29, 0.717) is 5.92 Å². The maximum Gasteiger partial charge on any atom is 0.0604 e. The van der Waals surface area contributed by atoms with Gasteiger partial charge in [-0.1, -0.05) is 13.8 Å². The topological polar surface area (TPSA) is 38.9 Å². The SMILES string of the molecule is Cc1nccc(CC(C)C)c1N. The lowest BCUT2D eigenvalue weighted by molar-refractivity contribution is 0.647. The van der Waals surface area contributed by atoms with Gasteiger partial charge in [-0.15, -0.1) is 0 Å². The van der Waals surface area contributed by atoms with Gasteiger partial charge in [0.15, 0.2) is 0 Å². The fraction of sp³-hybridized carbons (Fsp3) is 0.500. The third-order valence-corrected chi connectivity index (χ3v) is 1.91. The smallest absolute Gasteiger partial charge is 0.0604 e. The lowest BCUT2D eigenvalue weighted by atomic mass is 10.0. The highest BCUT2D eigenvalue weighted by Gasteiger charge is 2.03. The molecule has 2 heteroatoms. The normalized spacial score (nSPS) is 10.7. The van der Waals surface area contributed by atoms with E-state index in [1.807, 2.05) is 19.2 Å². The van der Waals surface area contributed by atoms with Gasteiger partial charge in [-0.05, 0) is 30.9 Å². The van der Waals surface area contributed by atoms with Gasteiger partial charge >= 0.3 is 0 Å². The molecule has 0 aliphatic rings. The van der Waals surface area contributed by atoms with Crippen LogP contribution in [0.25, 0.3) is 0 Å². The molecule has 1 rings (SSSR count). The highest BCUT2D eigenvalue weighted by Crippen LogP contribution is 2.17. The molecule has 66 valence electrons. The molecule has 0 unspecified atom stereocenters. The van der Waals surface area contributed by atoms with Crippen molar-refractivity contribution in [3.05, 3.63) is 23.5 Å². The number of rotatable bonds is 2. The minimum absolute atomic E-state index is 0.647. The first-order valence-electron chi connectivity index (χ1n) is 4.31. The molecule has 0 aromatic carbocycles. The lowest BCUT2D eigenvalue weighted by Gasteiger charge is -2.09. The first-order chi connectivity index (χ1) is 5.61. The van der Waals surface area contributed by atoms with E-state index in [-0.39, 0.29) is 0 Å². The lowest BCUT2D eigenvalue weighted by Crippen LogP contribution is -2.02. The minimum Gasteiger partial charge on any atom is -0.397 e. The Kier molecular flexibility index (Phi) is 2.69. The molecule has 0 fully saturated rings. The van der Waals surface area contributed by atoms with E-state index in [1.54, 1.807) is 0 Å². The van der Waals surface area contributed by atoms with E-state index in [4.69, 9.17) is 5.73 Å². The number of nitrogens with two attached hydrogens (primary N) is 1. The predicted octanol–water partition coefficient (Wildman–Crippen LogP) is 2.17. The first-order valence-corrected chi connectivity index (χ1v) is 4.31. The molecule has 0 saturated heterocycles. The second kappa shape index (κ2) is 3.57. The molecule has 0 radical (unpaired) electrons. The van der Waals surface area contributed by atoms with Crippen LogP contribution < -0.4 is 5.73 Å². The van der Waals surface area contributed by atoms with Crippen LogP contribution in [0.2, 0.25) is 0 Å². The Bertz CT molecular complexity index is 267. The van der Waals surface area contributed by atoms with Crippen molar-refractivity contribution in [2.75, 3.05) is 5.73 Å². The van der Waals surface area contributed by atoms with Crippen molar-refractivity contribution in [1.82, 2.24) is 4.98 Å². The second-order valence-corrected chi connectivity index (χ2v) is 3.57. The van der Waals surface area contributed by atoms with E-state index < -0.39 is 0 Å². The van der Waals surface area contributed by atoms with Crippen molar-refractivity contribution in [3.8, 4) is 0 Å². The molecule has 0 aliphatic heterocycles. The quantitative estimate of drug-likeness (QED) is 0.727. The van der Waals surface area contributed by atoms with E-state index in [0.717, 1.165) is 17.8 Å². The van der Waals surface area contributed by atoms with Crippen molar-refractivity contribution in [3.63, 3.8) is 0 Å². The Hall–Kier alpha value is -1.05. The summed E-state index contributed by atoms with van der Waals surface area (Å²) in [6.07, 6.45) is 2.86. The maximum absolute atomic E-state index is 5.87. The Labute approximate surface area is 73.8 Å². The monoisotopic (exact) mass is 164 g/mol. The van der Waals surface area contributed by atoms with Crippen LogP contribution in [-0.4, -0.2) is 4.98 Å². The molecule has 2 nitrogen and oxygen atoms in total. The van der Waals surface area contributed by atoms with Crippen molar-refractivity contribution in [1.29, 1.82) is 0 Å². The fourth-order valence-electron chi connectivity index (χ4n) is 1.25. The van der Waals surface area contributed by atoms with Crippen molar-refractivity contribution in [2.45, 2.75) is 27.2 Å². The number of hydrogen-bond acceptors (Lipinski definition) is 2. The zero-order valence-electron chi connectivity index (χ0n) is 7.96. The largest absolute Gasteiger partial charge is 0.397 e. The van der Waals surface area contributed by atoms with Crippen LogP contribution >= 0.6 is 0 Å². The Balaban J connectivity index is 2.92. The molecule has 0 atom stereocenters. The van der Waals surface area contributed by atoms with Crippen LogP contribution in [0.4, 0.5) is 5.69 Å². The molecular formula is C10H16N2. The number of aryl methyl sites for hydroxylation is 1. The van der Waals surface area contributed by atoms with Crippen LogP contribution in [0, 0.1) is 12.8 Å². The summed E-state index contributed by atoms with van der Waals surface area (Å²) in [5.41, 5.74) is 8.88. The molecule has 1 heterocycles. The third-order valence-electron chi connectivity index (χ3n) is 1.91. The molecule has 1 aromatic rings. The Morgan fingerprint density at radius 1 is 1.50 bits per heavy atom. The van der Waals surface area contributed by atoms with Gasteiger partial charge in [0.25, 0.3) is 0 Å². The van der Waals surface area contributed by atoms with Gasteiger partial charge in [0.1, 0.15) is 0 Å². The second-order valence-electron chi connectivity index (χ2n) is 3.57. The molecule has 12 heavy (non-hydrogen) atoms. The summed E-state index contributed by atoms with van der Waals surface area (Å²) in [5.74, 6) is 0.647. The first kappa shape index (κ1) is 9.04. The van der Waals surface area contributed by atoms with Crippen molar-refractivity contribution < 1.29 is 0 Å². The van der Waals surface area contributed by atoms with E-state index in [1.165, 1.54) is 5.56 Å². The van der Waals surface area contributed by atoms with Gasteiger partial charge in [0.05, 0.1) is 11.4 Å². The molecule has 0 aliphatic carbocycles. The van der Waals surface area contributed by atoms with Gasteiger partial charge in [-0.3, -0.25) is 4.98 Å². The van der Waals surface area contributed by atoms with Gasteiger partial charge in [0.2, 0.25) is 0 Å². The molecule has 0 saturated carbocycles. The zero-order chi connectivity index (χ0) is 9.14. The summed E-state index contributed by atoms with van der Waals surface area (Å²) < 4.78 is 0. The molecular weight excluding hydrogens is 148 g/mol. The Morgan fingerprint density at radius 2 is 2.17 bits per heavy atom. The van der Waals surface area contributed by atoms with Crippen LogP contribution in [0.15, 0.2) is 12.3 Å². The summed E-state index contributed by atoms with van der Waals surface area (Å²) in [5, 5.41) is 0. The van der Waals surface area contributed by atoms with Crippen LogP contribution in [-0.2, 0) is 6.42 Å². The van der Waals surface area contributed by atoms with Crippen molar-refractivity contribution in [2.24, 2.45) is 5.92 Å². The average Bonchev–Trinajstić information content (AvgIpc) is 1.98. The number of anilines is 1. The Morgan fingerprint density at radius 3 is 2.75 bits per heavy atom. The molecule has 1 aromatic heterocycles. The van der Waals surface area contributed by atoms with Gasteiger partial charge in [-0.25, -0.2) is 0 Å². The van der Waals surface area contributed by atoms with Crippen LogP contribution in [0.3, 0.4) is 0 Å². The van der Waals surface area contributed by atoms with E-state index in [2.05, 4.69) is 18.8 Å². The maximum atomic E-state index is 5.87. The molecule has 2 N–H and O–H groups in total. The number of hydrogen-bond donors (Lipinski definition) is 1. The van der Waals surface area contributed by atoms with Crippen molar-refractivity contribution >= 4 is 5.69 Å². The van der Waals surface area contributed by atoms with Gasteiger partial charge < -0.3 is 5.73 Å². The molecule has 0 amide bonds. The molecule has 0 spiro atoms. The van der Waals surface area contributed by atoms with E-state index >= 15 is 0 Å². The summed E-state index contributed by atoms with van der Waals surface area (Å²) >= 11 is 0. The van der Waals surface area contributed by atoms with Crippen LogP contribution in [0.5, 0.6) is 0 Å². The predicted molar refractivity (Wildman–Crippen MR) is 51.9 cm³/mol. The fourth-order valence-corrected chi connectivity index (χ4v) is 1.25. The van der Waals surface area contributed by atoms with Gasteiger partial charge in [0, 0.05) is 6.20 Å². The summed E-state index contributed by atoms with van der Waals surface area (Å²) in [4.78, 5) is 4.12. The minimum atomic E-state index is 0.647. The number of aromatic nitrogens is 1. The highest BCUT2D eigenvalue weighted by atomic mass is 14.7. The number of nitrogens with zero attached hydrogens (tertiary/aromatic N) is 1. The van der Waals surface area contributed by atoms with Crippen LogP contribution in [0.1, 0.15) is 25.1 Å². The highest BCUT2D eigenvalue weighted by molar-refractivity contribution is 5.49.